The Hall–Kier alpha value is -2.33. The third-order valence-corrected chi connectivity index (χ3v) is 3.06. The highest BCUT2D eigenvalue weighted by molar-refractivity contribution is 6.33. The molecule has 1 N–H and O–H groups in total. The lowest BCUT2D eigenvalue weighted by Gasteiger charge is -2.06. The summed E-state index contributed by atoms with van der Waals surface area (Å²) >= 11 is 5.90. The second-order valence-corrected chi connectivity index (χ2v) is 4.40. The molecule has 94 valence electrons. The van der Waals surface area contributed by atoms with Gasteiger partial charge in [-0.3, -0.25) is 4.98 Å². The van der Waals surface area contributed by atoms with E-state index in [-0.39, 0.29) is 16.4 Å². The molecule has 3 aromatic rings. The average molecular weight is 274 g/mol. The van der Waals surface area contributed by atoms with Crippen LogP contribution in [0, 0.1) is 0 Å². The Bertz CT molecular complexity index is 812. The van der Waals surface area contributed by atoms with Crippen LogP contribution in [0.15, 0.2) is 51.8 Å². The Morgan fingerprint density at radius 1 is 1.21 bits per heavy atom. The quantitative estimate of drug-likeness (QED) is 0.692. The van der Waals surface area contributed by atoms with Crippen LogP contribution >= 0.6 is 11.6 Å². The number of rotatable bonds is 1. The first-order valence-electron chi connectivity index (χ1n) is 5.53. The summed E-state index contributed by atoms with van der Waals surface area (Å²) < 4.78 is 5.06. The minimum atomic E-state index is -0.505. The number of fused-ring (bicyclic) bond motifs is 1. The van der Waals surface area contributed by atoms with Gasteiger partial charge in [-0.2, -0.15) is 0 Å². The molecule has 19 heavy (non-hydrogen) atoms. The van der Waals surface area contributed by atoms with E-state index in [4.69, 9.17) is 16.0 Å². The highest BCUT2D eigenvalue weighted by Gasteiger charge is 2.11. The molecule has 0 aliphatic carbocycles. The molecule has 2 aromatic heterocycles. The second-order valence-electron chi connectivity index (χ2n) is 3.99. The maximum absolute atomic E-state index is 11.6. The van der Waals surface area contributed by atoms with Gasteiger partial charge in [0.1, 0.15) is 11.3 Å². The average Bonchev–Trinajstić information content (AvgIpc) is 2.41. The topological polar surface area (TPSA) is 63.3 Å². The summed E-state index contributed by atoms with van der Waals surface area (Å²) in [5.41, 5.74) is 1.03. The maximum atomic E-state index is 11.6. The van der Waals surface area contributed by atoms with Gasteiger partial charge in [0.25, 0.3) is 0 Å². The molecule has 0 unspecified atom stereocenters. The van der Waals surface area contributed by atoms with Crippen molar-refractivity contribution in [2.45, 2.75) is 0 Å². The van der Waals surface area contributed by atoms with Gasteiger partial charge >= 0.3 is 5.63 Å². The van der Waals surface area contributed by atoms with E-state index in [0.717, 1.165) is 0 Å². The van der Waals surface area contributed by atoms with Gasteiger partial charge in [0.2, 0.25) is 0 Å². The smallest absolute Gasteiger partial charge is 0.336 e. The number of benzene rings is 1. The van der Waals surface area contributed by atoms with Crippen molar-refractivity contribution in [2.24, 2.45) is 0 Å². The molecule has 0 spiro atoms. The van der Waals surface area contributed by atoms with Gasteiger partial charge < -0.3 is 9.52 Å². The fourth-order valence-electron chi connectivity index (χ4n) is 1.91. The number of phenolic OH excluding ortho intramolecular Hbond substituents is 1. The van der Waals surface area contributed by atoms with Crippen LogP contribution in [-0.4, -0.2) is 10.1 Å². The molecule has 0 aliphatic rings. The summed E-state index contributed by atoms with van der Waals surface area (Å²) in [7, 11) is 0. The molecule has 1 aromatic carbocycles. The van der Waals surface area contributed by atoms with Crippen LogP contribution in [0.4, 0.5) is 0 Å². The van der Waals surface area contributed by atoms with Crippen LogP contribution in [0.5, 0.6) is 5.75 Å². The molecule has 5 heteroatoms. The number of pyridine rings is 1. The van der Waals surface area contributed by atoms with Crippen LogP contribution in [0.2, 0.25) is 5.02 Å². The molecule has 0 aliphatic heterocycles. The first kappa shape index (κ1) is 11.7. The molecular formula is C14H8ClNO3. The van der Waals surface area contributed by atoms with Crippen molar-refractivity contribution >= 4 is 22.6 Å². The number of aromatic hydroxyl groups is 1. The lowest BCUT2D eigenvalue weighted by molar-refractivity contribution is 0.473. The van der Waals surface area contributed by atoms with Gasteiger partial charge in [-0.15, -0.1) is 0 Å². The monoisotopic (exact) mass is 273 g/mol. The maximum Gasteiger partial charge on any atom is 0.336 e. The zero-order chi connectivity index (χ0) is 13.4. The predicted octanol–water partition coefficient (Wildman–Crippen LogP) is 3.21. The first-order chi connectivity index (χ1) is 9.15. The van der Waals surface area contributed by atoms with Crippen molar-refractivity contribution in [3.8, 4) is 17.0 Å². The summed E-state index contributed by atoms with van der Waals surface area (Å²) in [5, 5.41) is 10.4. The molecule has 0 atom stereocenters. The molecule has 0 saturated heterocycles. The normalized spacial score (nSPS) is 10.8. The summed E-state index contributed by atoms with van der Waals surface area (Å²) in [6, 6.07) is 9.64. The van der Waals surface area contributed by atoms with Crippen molar-refractivity contribution in [2.75, 3.05) is 0 Å². The summed E-state index contributed by atoms with van der Waals surface area (Å²) in [6.07, 6.45) is 1.64. The van der Waals surface area contributed by atoms with E-state index >= 15 is 0 Å². The molecule has 0 saturated carbocycles. The zero-order valence-corrected chi connectivity index (χ0v) is 10.4. The van der Waals surface area contributed by atoms with E-state index in [1.165, 1.54) is 12.1 Å². The molecule has 0 amide bonds. The van der Waals surface area contributed by atoms with Gasteiger partial charge in [-0.25, -0.2) is 4.79 Å². The molecular weight excluding hydrogens is 266 g/mol. The summed E-state index contributed by atoms with van der Waals surface area (Å²) in [5.74, 6) is -0.129. The highest BCUT2D eigenvalue weighted by Crippen LogP contribution is 2.33. The van der Waals surface area contributed by atoms with Crippen LogP contribution in [-0.2, 0) is 0 Å². The highest BCUT2D eigenvalue weighted by atomic mass is 35.5. The van der Waals surface area contributed by atoms with E-state index < -0.39 is 5.63 Å². The standard InChI is InChI=1S/C14H8ClNO3/c15-10-5-9-8(11-3-1-2-4-16-11)6-14(18)19-13(9)7-12(10)17/h1-7,17H. The van der Waals surface area contributed by atoms with E-state index in [1.807, 2.05) is 6.07 Å². The van der Waals surface area contributed by atoms with E-state index in [0.29, 0.717) is 16.6 Å². The predicted molar refractivity (Wildman–Crippen MR) is 72.4 cm³/mol. The number of nitrogens with zero attached hydrogens (tertiary/aromatic N) is 1. The Morgan fingerprint density at radius 3 is 2.79 bits per heavy atom. The van der Waals surface area contributed by atoms with Gasteiger partial charge in [0.05, 0.1) is 10.7 Å². The van der Waals surface area contributed by atoms with E-state index in [9.17, 15) is 9.90 Å². The molecule has 0 fully saturated rings. The van der Waals surface area contributed by atoms with Crippen molar-refractivity contribution < 1.29 is 9.52 Å². The fraction of sp³-hybridized carbons (Fsp3) is 0. The Balaban J connectivity index is 2.42. The minimum absolute atomic E-state index is 0.129. The SMILES string of the molecule is O=c1cc(-c2ccccn2)c2cc(Cl)c(O)cc2o1. The van der Waals surface area contributed by atoms with E-state index in [1.54, 1.807) is 24.4 Å². The molecule has 4 nitrogen and oxygen atoms in total. The van der Waals surface area contributed by atoms with E-state index in [2.05, 4.69) is 4.98 Å². The van der Waals surface area contributed by atoms with Gasteiger partial charge in [-0.1, -0.05) is 17.7 Å². The Morgan fingerprint density at radius 2 is 2.05 bits per heavy atom. The molecule has 0 bridgehead atoms. The lowest BCUT2D eigenvalue weighted by atomic mass is 10.1. The lowest BCUT2D eigenvalue weighted by Crippen LogP contribution is -1.98. The number of phenols is 1. The molecule has 3 rings (SSSR count). The number of hydrogen-bond acceptors (Lipinski definition) is 4. The van der Waals surface area contributed by atoms with Crippen LogP contribution in [0.3, 0.4) is 0 Å². The number of aromatic nitrogens is 1. The van der Waals surface area contributed by atoms with Gasteiger partial charge in [0.15, 0.2) is 0 Å². The second kappa shape index (κ2) is 4.40. The van der Waals surface area contributed by atoms with Crippen LogP contribution in [0.1, 0.15) is 0 Å². The van der Waals surface area contributed by atoms with Crippen molar-refractivity contribution in [3.63, 3.8) is 0 Å². The van der Waals surface area contributed by atoms with Crippen molar-refractivity contribution in [3.05, 3.63) is 58.0 Å². The number of halogens is 1. The largest absolute Gasteiger partial charge is 0.506 e. The van der Waals surface area contributed by atoms with Gasteiger partial charge in [-0.05, 0) is 18.2 Å². The zero-order valence-electron chi connectivity index (χ0n) is 9.63. The van der Waals surface area contributed by atoms with Gasteiger partial charge in [0, 0.05) is 29.3 Å². The minimum Gasteiger partial charge on any atom is -0.506 e. The first-order valence-corrected chi connectivity index (χ1v) is 5.91. The third-order valence-electron chi connectivity index (χ3n) is 2.75. The summed E-state index contributed by atoms with van der Waals surface area (Å²) in [6.45, 7) is 0. The van der Waals surface area contributed by atoms with Crippen LogP contribution in [0.25, 0.3) is 22.2 Å². The van der Waals surface area contributed by atoms with Crippen molar-refractivity contribution in [1.29, 1.82) is 0 Å². The van der Waals surface area contributed by atoms with Crippen molar-refractivity contribution in [1.82, 2.24) is 4.98 Å². The fourth-order valence-corrected chi connectivity index (χ4v) is 2.07. The Kier molecular flexibility index (Phi) is 2.72. The Labute approximate surface area is 112 Å². The molecule has 0 radical (unpaired) electrons. The third kappa shape index (κ3) is 2.06. The van der Waals surface area contributed by atoms with Crippen LogP contribution < -0.4 is 5.63 Å². The number of hydrogen-bond donors (Lipinski definition) is 1. The molecule has 2 heterocycles. The summed E-state index contributed by atoms with van der Waals surface area (Å²) in [4.78, 5) is 15.8.